The van der Waals surface area contributed by atoms with E-state index in [4.69, 9.17) is 4.74 Å². The number of hydrogen-bond donors (Lipinski definition) is 1. The number of morpholine rings is 1. The van der Waals surface area contributed by atoms with Crippen LogP contribution < -0.4 is 10.2 Å². The van der Waals surface area contributed by atoms with Crippen molar-refractivity contribution in [2.24, 2.45) is 0 Å². The van der Waals surface area contributed by atoms with Gasteiger partial charge < -0.3 is 15.0 Å². The molecule has 2 aliphatic rings. The Balaban J connectivity index is 1.36. The van der Waals surface area contributed by atoms with E-state index in [-0.39, 0.29) is 5.91 Å². The molecule has 1 aromatic heterocycles. The minimum absolute atomic E-state index is 0.0134. The van der Waals surface area contributed by atoms with Crippen LogP contribution in [0.1, 0.15) is 29.8 Å². The number of aromatic nitrogens is 1. The van der Waals surface area contributed by atoms with Gasteiger partial charge in [0.15, 0.2) is 0 Å². The second-order valence-corrected chi connectivity index (χ2v) is 7.66. The van der Waals surface area contributed by atoms with Gasteiger partial charge in [0.25, 0.3) is 5.91 Å². The van der Waals surface area contributed by atoms with E-state index >= 15 is 0 Å². The van der Waals surface area contributed by atoms with E-state index in [1.807, 2.05) is 35.2 Å². The van der Waals surface area contributed by atoms with E-state index in [9.17, 15) is 4.79 Å². The lowest BCUT2D eigenvalue weighted by molar-refractivity contribution is -0.0159. The summed E-state index contributed by atoms with van der Waals surface area (Å²) in [7, 11) is 0. The first kappa shape index (κ1) is 18.9. The van der Waals surface area contributed by atoms with Gasteiger partial charge in [-0.15, -0.1) is 0 Å². The molecule has 2 unspecified atom stereocenters. The predicted molar refractivity (Wildman–Crippen MR) is 111 cm³/mol. The standard InChI is InChI=1S/C22H28N4O2/c1-16(25-11-12-28-15-17(25)2)13-23-21-8-7-19(14-24-21)22(27)26-10-9-18-5-3-4-6-20(18)26/h3-8,14,16-17H,9-13,15H2,1-2H3,(H,23,24). The third-order valence-electron chi connectivity index (χ3n) is 5.71. The number of benzene rings is 1. The number of rotatable bonds is 5. The van der Waals surface area contributed by atoms with Crippen molar-refractivity contribution < 1.29 is 9.53 Å². The molecular formula is C22H28N4O2. The van der Waals surface area contributed by atoms with Gasteiger partial charge in [-0.05, 0) is 44.0 Å². The van der Waals surface area contributed by atoms with Gasteiger partial charge in [-0.2, -0.15) is 0 Å². The van der Waals surface area contributed by atoms with E-state index in [1.165, 1.54) is 5.56 Å². The van der Waals surface area contributed by atoms with Crippen molar-refractivity contribution in [2.75, 3.05) is 43.1 Å². The van der Waals surface area contributed by atoms with Gasteiger partial charge in [0.1, 0.15) is 5.82 Å². The molecule has 2 aromatic rings. The Bertz CT molecular complexity index is 824. The molecule has 6 heteroatoms. The fourth-order valence-electron chi connectivity index (χ4n) is 4.09. The molecule has 1 aromatic carbocycles. The third kappa shape index (κ3) is 3.88. The van der Waals surface area contributed by atoms with E-state index in [0.717, 1.165) is 50.8 Å². The summed E-state index contributed by atoms with van der Waals surface area (Å²) in [6.07, 6.45) is 2.58. The van der Waals surface area contributed by atoms with Gasteiger partial charge in [0.2, 0.25) is 0 Å². The fraction of sp³-hybridized carbons (Fsp3) is 0.455. The fourth-order valence-corrected chi connectivity index (χ4v) is 4.09. The number of carbonyl (C=O) groups is 1. The average molecular weight is 380 g/mol. The second-order valence-electron chi connectivity index (χ2n) is 7.66. The number of nitrogens with zero attached hydrogens (tertiary/aromatic N) is 3. The molecule has 0 spiro atoms. The SMILES string of the molecule is CC(CNc1ccc(C(=O)N2CCc3ccccc32)cn1)N1CCOCC1C. The highest BCUT2D eigenvalue weighted by Crippen LogP contribution is 2.28. The maximum Gasteiger partial charge on any atom is 0.259 e. The lowest BCUT2D eigenvalue weighted by atomic mass is 10.1. The van der Waals surface area contributed by atoms with Crippen molar-refractivity contribution >= 4 is 17.4 Å². The number of ether oxygens (including phenoxy) is 1. The van der Waals surface area contributed by atoms with Crippen molar-refractivity contribution in [3.63, 3.8) is 0 Å². The molecule has 0 radical (unpaired) electrons. The molecule has 6 nitrogen and oxygen atoms in total. The van der Waals surface area contributed by atoms with Gasteiger partial charge in [0, 0.05) is 43.6 Å². The highest BCUT2D eigenvalue weighted by Gasteiger charge is 2.26. The number of para-hydroxylation sites is 1. The van der Waals surface area contributed by atoms with Gasteiger partial charge in [-0.25, -0.2) is 4.98 Å². The molecule has 0 saturated carbocycles. The summed E-state index contributed by atoms with van der Waals surface area (Å²) < 4.78 is 5.51. The molecule has 1 N–H and O–H groups in total. The molecule has 1 fully saturated rings. The van der Waals surface area contributed by atoms with Gasteiger partial charge in [-0.1, -0.05) is 18.2 Å². The number of carbonyl (C=O) groups excluding carboxylic acids is 1. The Labute approximate surface area is 166 Å². The van der Waals surface area contributed by atoms with Crippen LogP contribution in [0.15, 0.2) is 42.6 Å². The summed E-state index contributed by atoms with van der Waals surface area (Å²) in [5.74, 6) is 0.811. The zero-order valence-corrected chi connectivity index (χ0v) is 16.6. The largest absolute Gasteiger partial charge is 0.379 e. The lowest BCUT2D eigenvalue weighted by Crippen LogP contribution is -2.50. The smallest absolute Gasteiger partial charge is 0.259 e. The van der Waals surface area contributed by atoms with Crippen molar-refractivity contribution in [3.8, 4) is 0 Å². The number of anilines is 2. The van der Waals surface area contributed by atoms with Crippen LogP contribution in [0, 0.1) is 0 Å². The van der Waals surface area contributed by atoms with Crippen molar-refractivity contribution in [1.82, 2.24) is 9.88 Å². The summed E-state index contributed by atoms with van der Waals surface area (Å²) in [5, 5.41) is 3.40. The zero-order chi connectivity index (χ0) is 19.5. The second kappa shape index (κ2) is 8.29. The molecule has 0 bridgehead atoms. The van der Waals surface area contributed by atoms with E-state index in [1.54, 1.807) is 6.20 Å². The van der Waals surface area contributed by atoms with E-state index < -0.39 is 0 Å². The van der Waals surface area contributed by atoms with Crippen molar-refractivity contribution in [1.29, 1.82) is 0 Å². The summed E-state index contributed by atoms with van der Waals surface area (Å²) in [5.41, 5.74) is 2.87. The normalized spacial score (nSPS) is 20.6. The quantitative estimate of drug-likeness (QED) is 0.864. The van der Waals surface area contributed by atoms with Crippen LogP contribution in [-0.4, -0.2) is 60.7 Å². The summed E-state index contributed by atoms with van der Waals surface area (Å²) in [6.45, 7) is 8.50. The zero-order valence-electron chi connectivity index (χ0n) is 16.6. The lowest BCUT2D eigenvalue weighted by Gasteiger charge is -2.37. The van der Waals surface area contributed by atoms with Gasteiger partial charge >= 0.3 is 0 Å². The van der Waals surface area contributed by atoms with E-state index in [2.05, 4.69) is 35.1 Å². The molecule has 4 rings (SSSR count). The number of amides is 1. The first-order valence-electron chi connectivity index (χ1n) is 10.1. The molecule has 2 aliphatic heterocycles. The maximum atomic E-state index is 12.9. The molecule has 28 heavy (non-hydrogen) atoms. The summed E-state index contributed by atoms with van der Waals surface area (Å²) in [6, 6.07) is 12.7. The molecular weight excluding hydrogens is 352 g/mol. The predicted octanol–water partition coefficient (Wildman–Crippen LogP) is 2.81. The van der Waals surface area contributed by atoms with Crippen LogP contribution in [0.4, 0.5) is 11.5 Å². The topological polar surface area (TPSA) is 57.7 Å². The van der Waals surface area contributed by atoms with Crippen molar-refractivity contribution in [2.45, 2.75) is 32.4 Å². The Hall–Kier alpha value is -2.44. The monoisotopic (exact) mass is 380 g/mol. The van der Waals surface area contributed by atoms with Gasteiger partial charge in [0.05, 0.1) is 18.8 Å². The number of pyridine rings is 1. The maximum absolute atomic E-state index is 12.9. The molecule has 148 valence electrons. The highest BCUT2D eigenvalue weighted by molar-refractivity contribution is 6.07. The Morgan fingerprint density at radius 2 is 2.14 bits per heavy atom. The van der Waals surface area contributed by atoms with Crippen molar-refractivity contribution in [3.05, 3.63) is 53.7 Å². The summed E-state index contributed by atoms with van der Waals surface area (Å²) in [4.78, 5) is 21.6. The molecule has 1 saturated heterocycles. The number of fused-ring (bicyclic) bond motifs is 1. The minimum atomic E-state index is 0.0134. The van der Waals surface area contributed by atoms with Crippen LogP contribution in [0.3, 0.4) is 0 Å². The molecule has 1 amide bonds. The number of nitrogens with one attached hydrogen (secondary N) is 1. The Kier molecular flexibility index (Phi) is 5.59. The third-order valence-corrected chi connectivity index (χ3v) is 5.71. The average Bonchev–Trinajstić information content (AvgIpc) is 3.16. The molecule has 0 aliphatic carbocycles. The van der Waals surface area contributed by atoms with Crippen LogP contribution in [0.5, 0.6) is 0 Å². The van der Waals surface area contributed by atoms with Crippen LogP contribution in [0.2, 0.25) is 0 Å². The Morgan fingerprint density at radius 1 is 1.29 bits per heavy atom. The number of hydrogen-bond acceptors (Lipinski definition) is 5. The van der Waals surface area contributed by atoms with Crippen LogP contribution >= 0.6 is 0 Å². The van der Waals surface area contributed by atoms with Crippen LogP contribution in [0.25, 0.3) is 0 Å². The first-order valence-corrected chi connectivity index (χ1v) is 10.1. The summed E-state index contributed by atoms with van der Waals surface area (Å²) >= 11 is 0. The Morgan fingerprint density at radius 3 is 2.93 bits per heavy atom. The van der Waals surface area contributed by atoms with E-state index in [0.29, 0.717) is 17.6 Å². The highest BCUT2D eigenvalue weighted by atomic mass is 16.5. The molecule has 3 heterocycles. The first-order chi connectivity index (χ1) is 13.6. The van der Waals surface area contributed by atoms with Crippen LogP contribution in [-0.2, 0) is 11.2 Å². The molecule has 2 atom stereocenters. The minimum Gasteiger partial charge on any atom is -0.379 e. The van der Waals surface area contributed by atoms with Gasteiger partial charge in [-0.3, -0.25) is 9.69 Å².